The van der Waals surface area contributed by atoms with Gasteiger partial charge in [-0.25, -0.2) is 0 Å². The third-order valence-electron chi connectivity index (χ3n) is 4.36. The molecule has 6 heteroatoms. The van der Waals surface area contributed by atoms with Crippen LogP contribution in [0.1, 0.15) is 24.6 Å². The number of aliphatic hydroxyl groups excluding tert-OH is 1. The zero-order chi connectivity index (χ0) is 17.6. The molecule has 0 saturated heterocycles. The van der Waals surface area contributed by atoms with Gasteiger partial charge in [-0.1, -0.05) is 12.1 Å². The van der Waals surface area contributed by atoms with Crippen molar-refractivity contribution < 1.29 is 19.4 Å². The van der Waals surface area contributed by atoms with Gasteiger partial charge in [0.1, 0.15) is 11.5 Å². The molecule has 0 aliphatic heterocycles. The van der Waals surface area contributed by atoms with Crippen molar-refractivity contribution in [3.05, 3.63) is 54.4 Å². The van der Waals surface area contributed by atoms with Crippen LogP contribution in [0.4, 0.5) is 0 Å². The van der Waals surface area contributed by atoms with Crippen molar-refractivity contribution in [3.63, 3.8) is 0 Å². The van der Waals surface area contributed by atoms with Gasteiger partial charge in [0.2, 0.25) is 0 Å². The number of aromatic nitrogens is 1. The summed E-state index contributed by atoms with van der Waals surface area (Å²) < 4.78 is 10.7. The van der Waals surface area contributed by atoms with Crippen molar-refractivity contribution in [2.24, 2.45) is 5.92 Å². The third-order valence-corrected chi connectivity index (χ3v) is 4.36. The van der Waals surface area contributed by atoms with Crippen molar-refractivity contribution in [1.29, 1.82) is 0 Å². The summed E-state index contributed by atoms with van der Waals surface area (Å²) in [6.45, 7) is -0.0915. The van der Waals surface area contributed by atoms with Crippen molar-refractivity contribution in [1.82, 2.24) is 10.3 Å². The van der Waals surface area contributed by atoms with Crippen LogP contribution in [0.3, 0.4) is 0 Å². The van der Waals surface area contributed by atoms with Crippen LogP contribution in [-0.4, -0.2) is 35.8 Å². The highest BCUT2D eigenvalue weighted by atomic mass is 16.5. The quantitative estimate of drug-likeness (QED) is 0.805. The highest BCUT2D eigenvalue weighted by Crippen LogP contribution is 2.37. The van der Waals surface area contributed by atoms with E-state index in [4.69, 9.17) is 9.47 Å². The molecule has 0 radical (unpaired) electrons. The van der Waals surface area contributed by atoms with Gasteiger partial charge in [0.05, 0.1) is 24.9 Å². The molecule has 25 heavy (non-hydrogen) atoms. The summed E-state index contributed by atoms with van der Waals surface area (Å²) in [5.41, 5.74) is 0.800. The number of benzene rings is 1. The van der Waals surface area contributed by atoms with Gasteiger partial charge in [0.25, 0.3) is 5.91 Å². The molecule has 1 heterocycles. The number of methoxy groups -OCH3 is 1. The molecule has 3 rings (SSSR count). The van der Waals surface area contributed by atoms with E-state index in [9.17, 15) is 9.90 Å². The van der Waals surface area contributed by atoms with Crippen molar-refractivity contribution in [2.75, 3.05) is 13.7 Å². The summed E-state index contributed by atoms with van der Waals surface area (Å²) in [4.78, 5) is 16.7. The number of hydrogen-bond donors (Lipinski definition) is 2. The molecule has 1 fully saturated rings. The molecule has 1 aromatic carbocycles. The average Bonchev–Trinajstić information content (AvgIpc) is 2.63. The molecule has 2 N–H and O–H groups in total. The van der Waals surface area contributed by atoms with E-state index in [-0.39, 0.29) is 30.6 Å². The predicted octanol–water partition coefficient (Wildman–Crippen LogP) is 2.10. The second kappa shape index (κ2) is 7.98. The Bertz CT molecular complexity index is 702. The molecule has 0 unspecified atom stereocenters. The number of ether oxygens (including phenoxy) is 2. The van der Waals surface area contributed by atoms with Gasteiger partial charge in [0.15, 0.2) is 6.61 Å². The minimum Gasteiger partial charge on any atom is -0.497 e. The van der Waals surface area contributed by atoms with Crippen molar-refractivity contribution in [3.8, 4) is 11.5 Å². The molecule has 1 amide bonds. The maximum Gasteiger partial charge on any atom is 0.258 e. The fourth-order valence-electron chi connectivity index (χ4n) is 2.95. The SMILES string of the molecule is COc1cccc(OCC(=O)N[C@H](c2ccccn2)C2CC(O)C2)c1. The number of rotatable bonds is 7. The molecule has 1 aromatic heterocycles. The summed E-state index contributed by atoms with van der Waals surface area (Å²) in [6.07, 6.45) is 2.74. The van der Waals surface area contributed by atoms with Crippen molar-refractivity contribution in [2.45, 2.75) is 25.0 Å². The third kappa shape index (κ3) is 4.48. The van der Waals surface area contributed by atoms with E-state index in [0.29, 0.717) is 24.3 Å². The molecule has 1 atom stereocenters. The van der Waals surface area contributed by atoms with E-state index in [1.165, 1.54) is 0 Å². The Balaban J connectivity index is 1.60. The standard InChI is InChI=1S/C19H22N2O4/c1-24-15-5-4-6-16(11-15)25-12-18(23)21-19(13-9-14(22)10-13)17-7-2-3-8-20-17/h2-8,11,13-14,19,22H,9-10,12H2,1H3,(H,21,23)/t13?,14?,19-/m0/s1. The number of hydrogen-bond acceptors (Lipinski definition) is 5. The van der Waals surface area contributed by atoms with Crippen LogP contribution in [0, 0.1) is 5.92 Å². The van der Waals surface area contributed by atoms with Crippen LogP contribution in [0.15, 0.2) is 48.7 Å². The van der Waals surface area contributed by atoms with Gasteiger partial charge in [-0.3, -0.25) is 9.78 Å². The molecular weight excluding hydrogens is 320 g/mol. The number of carbonyl (C=O) groups excluding carboxylic acids is 1. The van der Waals surface area contributed by atoms with E-state index >= 15 is 0 Å². The number of carbonyl (C=O) groups is 1. The topological polar surface area (TPSA) is 80.7 Å². The lowest BCUT2D eigenvalue weighted by atomic mass is 9.76. The van der Waals surface area contributed by atoms with Crippen LogP contribution < -0.4 is 14.8 Å². The maximum absolute atomic E-state index is 12.3. The number of pyridine rings is 1. The Kier molecular flexibility index (Phi) is 5.50. The summed E-state index contributed by atoms with van der Waals surface area (Å²) in [5.74, 6) is 1.21. The Labute approximate surface area is 146 Å². The molecule has 0 bridgehead atoms. The molecule has 1 saturated carbocycles. The Hall–Kier alpha value is -2.60. The minimum atomic E-state index is -0.291. The summed E-state index contributed by atoms with van der Waals surface area (Å²) >= 11 is 0. The Morgan fingerprint density at radius 3 is 2.76 bits per heavy atom. The molecule has 6 nitrogen and oxygen atoms in total. The molecule has 132 valence electrons. The fourth-order valence-corrected chi connectivity index (χ4v) is 2.95. The first kappa shape index (κ1) is 17.2. The summed E-state index contributed by atoms with van der Waals surface area (Å²) in [6, 6.07) is 12.5. The van der Waals surface area contributed by atoms with Crippen LogP contribution in [0.25, 0.3) is 0 Å². The van der Waals surface area contributed by atoms with E-state index < -0.39 is 0 Å². The Morgan fingerprint density at radius 1 is 1.28 bits per heavy atom. The fraction of sp³-hybridized carbons (Fsp3) is 0.368. The van der Waals surface area contributed by atoms with Crippen molar-refractivity contribution >= 4 is 5.91 Å². The molecule has 2 aromatic rings. The van der Waals surface area contributed by atoms with E-state index in [1.807, 2.05) is 24.3 Å². The van der Waals surface area contributed by atoms with Crippen LogP contribution >= 0.6 is 0 Å². The minimum absolute atomic E-state index is 0.0915. The zero-order valence-electron chi connectivity index (χ0n) is 14.1. The van der Waals surface area contributed by atoms with E-state index in [1.54, 1.807) is 31.5 Å². The first-order chi connectivity index (χ1) is 12.2. The zero-order valence-corrected chi connectivity index (χ0v) is 14.1. The lowest BCUT2D eigenvalue weighted by Crippen LogP contribution is -2.43. The lowest BCUT2D eigenvalue weighted by molar-refractivity contribution is -0.125. The normalized spacial score (nSPS) is 20.2. The molecule has 0 spiro atoms. The van der Waals surface area contributed by atoms with Crippen LogP contribution in [-0.2, 0) is 4.79 Å². The summed E-state index contributed by atoms with van der Waals surface area (Å²) in [7, 11) is 1.58. The van der Waals surface area contributed by atoms with E-state index in [0.717, 1.165) is 5.69 Å². The average molecular weight is 342 g/mol. The Morgan fingerprint density at radius 2 is 2.08 bits per heavy atom. The largest absolute Gasteiger partial charge is 0.497 e. The number of amides is 1. The summed E-state index contributed by atoms with van der Waals surface area (Å²) in [5, 5.41) is 12.6. The molecule has 1 aliphatic carbocycles. The monoisotopic (exact) mass is 342 g/mol. The van der Waals surface area contributed by atoms with Gasteiger partial charge in [-0.05, 0) is 43.0 Å². The van der Waals surface area contributed by atoms with Crippen LogP contribution in [0.2, 0.25) is 0 Å². The van der Waals surface area contributed by atoms with Gasteiger partial charge < -0.3 is 19.9 Å². The van der Waals surface area contributed by atoms with Crippen LogP contribution in [0.5, 0.6) is 11.5 Å². The van der Waals surface area contributed by atoms with Gasteiger partial charge in [-0.2, -0.15) is 0 Å². The van der Waals surface area contributed by atoms with E-state index in [2.05, 4.69) is 10.3 Å². The molecule has 1 aliphatic rings. The number of nitrogens with one attached hydrogen (secondary N) is 1. The number of nitrogens with zero attached hydrogens (tertiary/aromatic N) is 1. The maximum atomic E-state index is 12.3. The molecular formula is C19H22N2O4. The second-order valence-corrected chi connectivity index (χ2v) is 6.15. The van der Waals surface area contributed by atoms with Gasteiger partial charge in [-0.15, -0.1) is 0 Å². The van der Waals surface area contributed by atoms with Gasteiger partial charge in [0, 0.05) is 12.3 Å². The first-order valence-corrected chi connectivity index (χ1v) is 8.31. The smallest absolute Gasteiger partial charge is 0.258 e. The lowest BCUT2D eigenvalue weighted by Gasteiger charge is -2.37. The van der Waals surface area contributed by atoms with Gasteiger partial charge >= 0.3 is 0 Å². The highest BCUT2D eigenvalue weighted by molar-refractivity contribution is 5.78. The highest BCUT2D eigenvalue weighted by Gasteiger charge is 2.36. The first-order valence-electron chi connectivity index (χ1n) is 8.31. The predicted molar refractivity (Wildman–Crippen MR) is 92.3 cm³/mol. The number of aliphatic hydroxyl groups is 1. The second-order valence-electron chi connectivity index (χ2n) is 6.15.